The molecule has 0 aliphatic carbocycles. The van der Waals surface area contributed by atoms with Crippen molar-refractivity contribution in [1.29, 1.82) is 0 Å². The zero-order chi connectivity index (χ0) is 16.9. The van der Waals surface area contributed by atoms with Gasteiger partial charge in [0.15, 0.2) is 0 Å². The standard InChI is InChI=1S/C18H21N3O3/c1-4-16-15(8-10-23-16)18-19-17(20-24-18)13-6-5-7-14(12-13)22-11-9-21(2)3/h5-8,10,12H,4,9,11H2,1-3H3. The second kappa shape index (κ2) is 7.31. The summed E-state index contributed by atoms with van der Waals surface area (Å²) in [6, 6.07) is 9.54. The van der Waals surface area contributed by atoms with Gasteiger partial charge in [0.05, 0.1) is 11.8 Å². The lowest BCUT2D eigenvalue weighted by molar-refractivity contribution is 0.261. The van der Waals surface area contributed by atoms with Crippen LogP contribution in [-0.4, -0.2) is 42.3 Å². The lowest BCUT2D eigenvalue weighted by Gasteiger charge is -2.11. The number of likely N-dealkylation sites (N-methyl/N-ethyl adjacent to an activating group) is 1. The molecule has 3 rings (SSSR count). The van der Waals surface area contributed by atoms with E-state index in [2.05, 4.69) is 15.0 Å². The van der Waals surface area contributed by atoms with Crippen LogP contribution in [0.15, 0.2) is 45.5 Å². The van der Waals surface area contributed by atoms with Crippen molar-refractivity contribution in [3.05, 3.63) is 42.4 Å². The molecule has 6 nitrogen and oxygen atoms in total. The van der Waals surface area contributed by atoms with Crippen LogP contribution >= 0.6 is 0 Å². The Morgan fingerprint density at radius 1 is 1.21 bits per heavy atom. The highest BCUT2D eigenvalue weighted by Gasteiger charge is 2.15. The van der Waals surface area contributed by atoms with E-state index in [1.54, 1.807) is 6.26 Å². The Morgan fingerprint density at radius 2 is 2.08 bits per heavy atom. The van der Waals surface area contributed by atoms with Gasteiger partial charge in [-0.2, -0.15) is 4.98 Å². The van der Waals surface area contributed by atoms with Gasteiger partial charge in [-0.3, -0.25) is 0 Å². The molecule has 0 amide bonds. The lowest BCUT2D eigenvalue weighted by Crippen LogP contribution is -2.19. The number of hydrogen-bond donors (Lipinski definition) is 0. The first-order valence-electron chi connectivity index (χ1n) is 7.95. The summed E-state index contributed by atoms with van der Waals surface area (Å²) in [6.45, 7) is 3.51. The fourth-order valence-electron chi connectivity index (χ4n) is 2.33. The van der Waals surface area contributed by atoms with Crippen LogP contribution < -0.4 is 4.74 Å². The van der Waals surface area contributed by atoms with Gasteiger partial charge in [-0.1, -0.05) is 24.2 Å². The van der Waals surface area contributed by atoms with Gasteiger partial charge < -0.3 is 18.6 Å². The number of aromatic nitrogens is 2. The Hall–Kier alpha value is -2.60. The van der Waals surface area contributed by atoms with E-state index in [-0.39, 0.29) is 0 Å². The smallest absolute Gasteiger partial charge is 0.261 e. The monoisotopic (exact) mass is 327 g/mol. The molecule has 0 unspecified atom stereocenters. The molecule has 1 aromatic carbocycles. The van der Waals surface area contributed by atoms with E-state index in [0.29, 0.717) is 18.3 Å². The summed E-state index contributed by atoms with van der Waals surface area (Å²) in [5.74, 6) is 2.63. The van der Waals surface area contributed by atoms with Crippen LogP contribution in [0.1, 0.15) is 12.7 Å². The normalized spacial score (nSPS) is 11.2. The second-order valence-electron chi connectivity index (χ2n) is 5.71. The maximum absolute atomic E-state index is 5.75. The van der Waals surface area contributed by atoms with Crippen LogP contribution in [0.2, 0.25) is 0 Å². The molecule has 0 atom stereocenters. The SMILES string of the molecule is CCc1occc1-c1nc(-c2cccc(OCCN(C)C)c2)no1. The summed E-state index contributed by atoms with van der Waals surface area (Å²) in [7, 11) is 4.03. The second-order valence-corrected chi connectivity index (χ2v) is 5.71. The largest absolute Gasteiger partial charge is 0.492 e. The summed E-state index contributed by atoms with van der Waals surface area (Å²) in [6.07, 6.45) is 2.41. The summed E-state index contributed by atoms with van der Waals surface area (Å²) in [4.78, 5) is 6.55. The van der Waals surface area contributed by atoms with Crippen molar-refractivity contribution < 1.29 is 13.7 Å². The van der Waals surface area contributed by atoms with Crippen LogP contribution in [0.5, 0.6) is 5.75 Å². The Kier molecular flexibility index (Phi) is 4.96. The van der Waals surface area contributed by atoms with Gasteiger partial charge >= 0.3 is 0 Å². The van der Waals surface area contributed by atoms with E-state index >= 15 is 0 Å². The van der Waals surface area contributed by atoms with Crippen molar-refractivity contribution in [2.75, 3.05) is 27.2 Å². The van der Waals surface area contributed by atoms with E-state index in [1.807, 2.05) is 51.4 Å². The van der Waals surface area contributed by atoms with Crippen molar-refractivity contribution in [1.82, 2.24) is 15.0 Å². The van der Waals surface area contributed by atoms with Gasteiger partial charge in [0.2, 0.25) is 5.82 Å². The van der Waals surface area contributed by atoms with Crippen molar-refractivity contribution in [3.63, 3.8) is 0 Å². The van der Waals surface area contributed by atoms with E-state index in [4.69, 9.17) is 13.7 Å². The number of rotatable bonds is 7. The van der Waals surface area contributed by atoms with Crippen LogP contribution in [0.3, 0.4) is 0 Å². The molecular weight excluding hydrogens is 306 g/mol. The topological polar surface area (TPSA) is 64.5 Å². The van der Waals surface area contributed by atoms with Crippen LogP contribution in [-0.2, 0) is 6.42 Å². The van der Waals surface area contributed by atoms with E-state index in [9.17, 15) is 0 Å². The molecule has 126 valence electrons. The molecule has 0 aliphatic rings. The van der Waals surface area contributed by atoms with Crippen molar-refractivity contribution in [2.24, 2.45) is 0 Å². The van der Waals surface area contributed by atoms with E-state index < -0.39 is 0 Å². The Balaban J connectivity index is 1.78. The molecule has 6 heteroatoms. The highest BCUT2D eigenvalue weighted by atomic mass is 16.5. The highest BCUT2D eigenvalue weighted by molar-refractivity contribution is 5.62. The number of ether oxygens (including phenoxy) is 1. The van der Waals surface area contributed by atoms with E-state index in [0.717, 1.165) is 35.6 Å². The number of hydrogen-bond acceptors (Lipinski definition) is 6. The summed E-state index contributed by atoms with van der Waals surface area (Å²) < 4.78 is 16.6. The molecule has 24 heavy (non-hydrogen) atoms. The quantitative estimate of drug-likeness (QED) is 0.662. The lowest BCUT2D eigenvalue weighted by atomic mass is 10.2. The summed E-state index contributed by atoms with van der Waals surface area (Å²) in [5.41, 5.74) is 1.70. The van der Waals surface area contributed by atoms with Gasteiger partial charge in [0, 0.05) is 18.5 Å². The zero-order valence-corrected chi connectivity index (χ0v) is 14.2. The Morgan fingerprint density at radius 3 is 2.88 bits per heavy atom. The minimum atomic E-state index is 0.467. The Bertz CT molecular complexity index is 792. The first-order valence-corrected chi connectivity index (χ1v) is 7.95. The van der Waals surface area contributed by atoms with Crippen LogP contribution in [0, 0.1) is 0 Å². The van der Waals surface area contributed by atoms with E-state index in [1.165, 1.54) is 0 Å². The molecule has 3 aromatic rings. The predicted molar refractivity (Wildman–Crippen MR) is 90.9 cm³/mol. The van der Waals surface area contributed by atoms with Crippen LogP contribution in [0.25, 0.3) is 22.8 Å². The third kappa shape index (κ3) is 3.65. The highest BCUT2D eigenvalue weighted by Crippen LogP contribution is 2.27. The first kappa shape index (κ1) is 16.3. The molecule has 2 aromatic heterocycles. The molecule has 0 spiro atoms. The molecule has 0 saturated heterocycles. The first-order chi connectivity index (χ1) is 11.7. The van der Waals surface area contributed by atoms with Gasteiger partial charge in [0.1, 0.15) is 18.1 Å². The number of nitrogens with zero attached hydrogens (tertiary/aromatic N) is 3. The van der Waals surface area contributed by atoms with Gasteiger partial charge in [-0.15, -0.1) is 0 Å². The van der Waals surface area contributed by atoms with Gasteiger partial charge in [-0.25, -0.2) is 0 Å². The average molecular weight is 327 g/mol. The molecule has 0 radical (unpaired) electrons. The maximum Gasteiger partial charge on any atom is 0.261 e. The van der Waals surface area contributed by atoms with Crippen molar-refractivity contribution >= 4 is 0 Å². The minimum Gasteiger partial charge on any atom is -0.492 e. The molecule has 2 heterocycles. The van der Waals surface area contributed by atoms with Gasteiger partial charge in [-0.05, 0) is 32.3 Å². The molecule has 0 fully saturated rings. The maximum atomic E-state index is 5.75. The molecule has 0 N–H and O–H groups in total. The predicted octanol–water partition coefficient (Wildman–Crippen LogP) is 3.50. The fourth-order valence-corrected chi connectivity index (χ4v) is 2.33. The Labute approximate surface area is 141 Å². The average Bonchev–Trinajstić information content (AvgIpc) is 3.23. The fraction of sp³-hybridized carbons (Fsp3) is 0.333. The third-order valence-electron chi connectivity index (χ3n) is 3.62. The van der Waals surface area contributed by atoms with Gasteiger partial charge in [0.25, 0.3) is 5.89 Å². The summed E-state index contributed by atoms with van der Waals surface area (Å²) >= 11 is 0. The zero-order valence-electron chi connectivity index (χ0n) is 14.2. The molecule has 0 aliphatic heterocycles. The molecular formula is C18H21N3O3. The van der Waals surface area contributed by atoms with Crippen LogP contribution in [0.4, 0.5) is 0 Å². The number of aryl methyl sites for hydroxylation is 1. The van der Waals surface area contributed by atoms with Crippen molar-refractivity contribution in [2.45, 2.75) is 13.3 Å². The number of furan rings is 1. The number of benzene rings is 1. The minimum absolute atomic E-state index is 0.467. The van der Waals surface area contributed by atoms with Crippen molar-refractivity contribution in [3.8, 4) is 28.6 Å². The molecule has 0 saturated carbocycles. The third-order valence-corrected chi connectivity index (χ3v) is 3.62. The molecule has 0 bridgehead atoms. The summed E-state index contributed by atoms with van der Waals surface area (Å²) in [5, 5.41) is 4.08.